The quantitative estimate of drug-likeness (QED) is 0.316. The van der Waals surface area contributed by atoms with Crippen LogP contribution in [0.2, 0.25) is 0 Å². The first-order chi connectivity index (χ1) is 11.1. The van der Waals surface area contributed by atoms with E-state index in [2.05, 4.69) is 45.9 Å². The molecule has 138 valence electrons. The van der Waals surface area contributed by atoms with Gasteiger partial charge in [-0.25, -0.2) is 0 Å². The Balaban J connectivity index is 4.09. The Labute approximate surface area is 148 Å². The molecule has 0 saturated carbocycles. The van der Waals surface area contributed by atoms with E-state index >= 15 is 0 Å². The number of halogens is 1. The number of rotatable bonds is 11. The largest absolute Gasteiger partial charge is 0.305 e. The highest BCUT2D eigenvalue weighted by atomic mass is 32.3. The molecule has 0 aliphatic heterocycles. The molecule has 0 heterocycles. The topological polar surface area (TPSA) is 34.1 Å². The van der Waals surface area contributed by atoms with Crippen LogP contribution in [0.25, 0.3) is 0 Å². The summed E-state index contributed by atoms with van der Waals surface area (Å²) in [6.45, 7) is 10.4. The van der Waals surface area contributed by atoms with Gasteiger partial charge in [-0.15, -0.1) is 3.89 Å². The summed E-state index contributed by atoms with van der Waals surface area (Å²) in [4.78, 5) is 0. The van der Waals surface area contributed by atoms with Crippen molar-refractivity contribution in [1.29, 1.82) is 0 Å². The fourth-order valence-corrected chi connectivity index (χ4v) is 2.71. The van der Waals surface area contributed by atoms with Gasteiger partial charge in [0.2, 0.25) is 0 Å². The van der Waals surface area contributed by atoms with E-state index in [1.165, 1.54) is 22.8 Å². The lowest BCUT2D eigenvalue weighted by Gasteiger charge is -2.02. The highest BCUT2D eigenvalue weighted by Crippen LogP contribution is 2.13. The monoisotopic (exact) mass is 356 g/mol. The van der Waals surface area contributed by atoms with Gasteiger partial charge in [0.15, 0.2) is 0 Å². The molecule has 0 bridgehead atoms. The number of hydrogen-bond donors (Lipinski definition) is 0. The van der Waals surface area contributed by atoms with Gasteiger partial charge in [-0.3, -0.25) is 0 Å². The first-order valence-corrected chi connectivity index (χ1v) is 10.2. The Morgan fingerprint density at radius 1 is 0.708 bits per heavy atom. The van der Waals surface area contributed by atoms with Crippen LogP contribution in [-0.2, 0) is 10.2 Å². The smallest absolute Gasteiger partial charge is 0.195 e. The van der Waals surface area contributed by atoms with E-state index in [1.54, 1.807) is 0 Å². The first kappa shape index (κ1) is 22.8. The minimum absolute atomic E-state index is 0.516. The van der Waals surface area contributed by atoms with Gasteiger partial charge in [-0.2, -0.15) is 8.42 Å². The summed E-state index contributed by atoms with van der Waals surface area (Å²) in [5.41, 5.74) is 5.06. The molecule has 0 aromatic rings. The van der Waals surface area contributed by atoms with E-state index in [1.807, 2.05) is 6.92 Å². The zero-order valence-corrected chi connectivity index (χ0v) is 16.7. The zero-order chi connectivity index (χ0) is 18.6. The lowest BCUT2D eigenvalue weighted by Crippen LogP contribution is -1.95. The van der Waals surface area contributed by atoms with Crippen molar-refractivity contribution >= 4 is 10.2 Å². The third kappa shape index (κ3) is 15.7. The van der Waals surface area contributed by atoms with Crippen LogP contribution in [0.15, 0.2) is 46.6 Å². The summed E-state index contributed by atoms with van der Waals surface area (Å²) in [6.07, 6.45) is 14.2. The highest BCUT2D eigenvalue weighted by Gasteiger charge is 2.03. The van der Waals surface area contributed by atoms with Crippen molar-refractivity contribution in [2.24, 2.45) is 0 Å². The van der Waals surface area contributed by atoms with Gasteiger partial charge in [0, 0.05) is 0 Å². The molecule has 0 rings (SSSR count). The zero-order valence-electron chi connectivity index (χ0n) is 15.9. The van der Waals surface area contributed by atoms with Crippen LogP contribution in [0.1, 0.15) is 73.1 Å². The predicted octanol–water partition coefficient (Wildman–Crippen LogP) is 6.43. The molecule has 0 N–H and O–H groups in total. The third-order valence-corrected chi connectivity index (χ3v) is 4.35. The fourth-order valence-electron chi connectivity index (χ4n) is 2.23. The summed E-state index contributed by atoms with van der Waals surface area (Å²) in [6, 6.07) is 0. The van der Waals surface area contributed by atoms with E-state index in [-0.39, 0.29) is 0 Å². The van der Waals surface area contributed by atoms with Crippen LogP contribution in [-0.4, -0.2) is 14.2 Å². The van der Waals surface area contributed by atoms with Crippen molar-refractivity contribution in [3.05, 3.63) is 46.6 Å². The van der Waals surface area contributed by atoms with Crippen molar-refractivity contribution in [3.8, 4) is 0 Å². The Hall–Kier alpha value is -1.16. The Kier molecular flexibility index (Phi) is 11.6. The minimum atomic E-state index is -4.39. The van der Waals surface area contributed by atoms with Crippen molar-refractivity contribution in [3.63, 3.8) is 0 Å². The molecule has 0 aromatic heterocycles. The molecule has 0 fully saturated rings. The van der Waals surface area contributed by atoms with Gasteiger partial charge in [0.05, 0.1) is 5.75 Å². The molecule has 0 aliphatic rings. The van der Waals surface area contributed by atoms with Crippen molar-refractivity contribution in [2.45, 2.75) is 73.1 Å². The molecule has 24 heavy (non-hydrogen) atoms. The third-order valence-electron chi connectivity index (χ3n) is 3.79. The minimum Gasteiger partial charge on any atom is -0.195 e. The molecule has 0 aromatic carbocycles. The van der Waals surface area contributed by atoms with E-state index in [0.29, 0.717) is 0 Å². The van der Waals surface area contributed by atoms with Crippen molar-refractivity contribution in [2.75, 3.05) is 5.75 Å². The van der Waals surface area contributed by atoms with Crippen LogP contribution in [0.5, 0.6) is 0 Å². The Morgan fingerprint density at radius 2 is 1.08 bits per heavy atom. The molecule has 4 heteroatoms. The van der Waals surface area contributed by atoms with E-state index < -0.39 is 16.0 Å². The maximum Gasteiger partial charge on any atom is 0.305 e. The summed E-state index contributed by atoms with van der Waals surface area (Å²) >= 11 is 0. The molecule has 2 nitrogen and oxygen atoms in total. The van der Waals surface area contributed by atoms with Crippen LogP contribution < -0.4 is 0 Å². The average Bonchev–Trinajstić information content (AvgIpc) is 2.44. The van der Waals surface area contributed by atoms with Crippen molar-refractivity contribution < 1.29 is 12.3 Å². The van der Waals surface area contributed by atoms with Gasteiger partial charge >= 0.3 is 10.2 Å². The van der Waals surface area contributed by atoms with Crippen LogP contribution >= 0.6 is 0 Å². The maximum atomic E-state index is 12.4. The summed E-state index contributed by atoms with van der Waals surface area (Å²) < 4.78 is 33.3. The molecular weight excluding hydrogens is 323 g/mol. The van der Waals surface area contributed by atoms with Gasteiger partial charge in [-0.05, 0) is 73.1 Å². The molecular formula is C20H33FO2S. The maximum absolute atomic E-state index is 12.4. The summed E-state index contributed by atoms with van der Waals surface area (Å²) in [7, 11) is -4.39. The first-order valence-electron chi connectivity index (χ1n) is 8.62. The second-order valence-electron chi connectivity index (χ2n) is 6.75. The number of hydrogen-bond acceptors (Lipinski definition) is 2. The van der Waals surface area contributed by atoms with Gasteiger partial charge in [-0.1, -0.05) is 46.6 Å². The molecule has 0 radical (unpaired) electrons. The highest BCUT2D eigenvalue weighted by molar-refractivity contribution is 7.86. The van der Waals surface area contributed by atoms with Crippen LogP contribution in [0, 0.1) is 0 Å². The molecule has 0 saturated heterocycles. The van der Waals surface area contributed by atoms with Gasteiger partial charge < -0.3 is 0 Å². The van der Waals surface area contributed by atoms with Crippen LogP contribution in [0.3, 0.4) is 0 Å². The standard InChI is InChI=1S/C20H33FO2S/c1-17(2)9-6-10-18(3)11-7-12-19(4)13-8-14-20(5)15-16-24(21,22)23/h9,11,13,15H,6-8,10,12,14,16H2,1-5H3. The SMILES string of the molecule is CC(C)=CCCC(C)=CCCC(C)=CCCC(C)=CCS(=O)(=O)F. The van der Waals surface area contributed by atoms with E-state index in [9.17, 15) is 12.3 Å². The van der Waals surface area contributed by atoms with Gasteiger partial charge in [0.1, 0.15) is 0 Å². The lowest BCUT2D eigenvalue weighted by atomic mass is 10.0. The second kappa shape index (κ2) is 12.2. The molecule has 0 spiro atoms. The van der Waals surface area contributed by atoms with Gasteiger partial charge in [0.25, 0.3) is 0 Å². The summed E-state index contributed by atoms with van der Waals surface area (Å²) in [5, 5.41) is 0. The van der Waals surface area contributed by atoms with E-state index in [4.69, 9.17) is 0 Å². The molecule has 0 amide bonds. The molecule has 0 aliphatic carbocycles. The normalized spacial score (nSPS) is 14.0. The number of allylic oxidation sites excluding steroid dienone is 7. The van der Waals surface area contributed by atoms with Crippen LogP contribution in [0.4, 0.5) is 3.89 Å². The molecule has 0 unspecified atom stereocenters. The lowest BCUT2D eigenvalue weighted by molar-refractivity contribution is 0.555. The summed E-state index contributed by atoms with van der Waals surface area (Å²) in [5.74, 6) is -0.516. The van der Waals surface area contributed by atoms with E-state index in [0.717, 1.165) is 44.1 Å². The Morgan fingerprint density at radius 3 is 1.46 bits per heavy atom. The van der Waals surface area contributed by atoms with Crippen molar-refractivity contribution in [1.82, 2.24) is 0 Å². The Bertz CT molecular complexity index is 589. The average molecular weight is 357 g/mol. The fraction of sp³-hybridized carbons (Fsp3) is 0.600. The second-order valence-corrected chi connectivity index (χ2v) is 8.17. The predicted molar refractivity (Wildman–Crippen MR) is 103 cm³/mol. The molecule has 0 atom stereocenters.